The maximum Gasteiger partial charge on any atom is 0 e. The van der Waals surface area contributed by atoms with E-state index in [0.29, 0.717) is 0 Å². The van der Waals surface area contributed by atoms with Crippen molar-refractivity contribution >= 4 is 0 Å². The number of hydrogen-bond acceptors (Lipinski definition) is 0. The van der Waals surface area contributed by atoms with Crippen LogP contribution in [0, 0.1) is 0 Å². The molecule has 0 aliphatic rings. The van der Waals surface area contributed by atoms with Crippen LogP contribution in [0.4, 0.5) is 0 Å². The second-order valence-electron chi connectivity index (χ2n) is 0. The smallest absolute Gasteiger partial charge is 0 e. The third-order valence-electron chi connectivity index (χ3n) is 0. The zero-order valence-corrected chi connectivity index (χ0v) is 8.10. The molecule has 4 heavy (non-hydrogen) atoms. The van der Waals surface area contributed by atoms with Crippen molar-refractivity contribution in [2.75, 3.05) is 0 Å². The van der Waals surface area contributed by atoms with Gasteiger partial charge in [0.1, 0.15) is 0 Å². The van der Waals surface area contributed by atoms with E-state index in [-0.39, 0.29) is 75.6 Å². The average Bonchev–Trinajstić information content (AvgIpc) is 0. The van der Waals surface area contributed by atoms with Gasteiger partial charge in [-0.2, -0.15) is 0 Å². The first-order valence-electron chi connectivity index (χ1n) is 0. The normalized spacial score (nSPS) is 0. The molecule has 0 heterocycles. The van der Waals surface area contributed by atoms with E-state index in [1.54, 1.807) is 0 Å². The Labute approximate surface area is 74.7 Å². The van der Waals surface area contributed by atoms with E-state index in [4.69, 9.17) is 0 Å². The van der Waals surface area contributed by atoms with Gasteiger partial charge in [-0.15, -0.1) is 0 Å². The van der Waals surface area contributed by atoms with Crippen molar-refractivity contribution < 1.29 is 75.6 Å². The molecule has 0 aromatic rings. The molecule has 0 amide bonds. The molecular weight excluding hydrogens is 455 g/mol. The second-order valence-corrected chi connectivity index (χ2v) is 0. The van der Waals surface area contributed by atoms with Gasteiger partial charge in [0.05, 0.1) is 0 Å². The van der Waals surface area contributed by atoms with Gasteiger partial charge < -0.3 is 0 Å². The molecular formula is IrNiRhRu. The van der Waals surface area contributed by atoms with Gasteiger partial charge >= 0.3 is 0 Å². The van der Waals surface area contributed by atoms with Crippen molar-refractivity contribution in [1.82, 2.24) is 0 Å². The van der Waals surface area contributed by atoms with E-state index in [0.717, 1.165) is 0 Å². The Morgan fingerprint density at radius 1 is 1.00 bits per heavy atom. The quantitative estimate of drug-likeness (QED) is 0.452. The summed E-state index contributed by atoms with van der Waals surface area (Å²) in [4.78, 5) is 0. The van der Waals surface area contributed by atoms with Gasteiger partial charge in [0.15, 0.2) is 0 Å². The Bertz CT molecular complexity index is 8.00. The molecule has 0 fully saturated rings. The van der Waals surface area contributed by atoms with Crippen LogP contribution in [-0.4, -0.2) is 0 Å². The SMILES string of the molecule is [Ir].[Ni].[Rh].[Ru]. The summed E-state index contributed by atoms with van der Waals surface area (Å²) in [5.74, 6) is 0. The number of hydrogen-bond donors (Lipinski definition) is 0. The maximum atomic E-state index is 0. The van der Waals surface area contributed by atoms with Gasteiger partial charge in [-0.05, 0) is 0 Å². The maximum absolute atomic E-state index is 0. The summed E-state index contributed by atoms with van der Waals surface area (Å²) >= 11 is 0. The van der Waals surface area contributed by atoms with Crippen LogP contribution in [0.25, 0.3) is 0 Å². The van der Waals surface area contributed by atoms with E-state index in [1.807, 2.05) is 0 Å². The van der Waals surface area contributed by atoms with Crippen molar-refractivity contribution in [1.29, 1.82) is 0 Å². The largest absolute Gasteiger partial charge is 0 e. The number of rotatable bonds is 0. The van der Waals surface area contributed by atoms with Crippen LogP contribution in [-0.2, 0) is 75.6 Å². The van der Waals surface area contributed by atoms with Gasteiger partial charge in [0, 0.05) is 75.6 Å². The summed E-state index contributed by atoms with van der Waals surface area (Å²) in [6.45, 7) is 0. The first-order valence-corrected chi connectivity index (χ1v) is 0. The molecule has 0 nitrogen and oxygen atoms in total. The van der Waals surface area contributed by atoms with Crippen LogP contribution in [0.5, 0.6) is 0 Å². The molecule has 0 aromatic carbocycles. The minimum atomic E-state index is 0. The molecule has 0 aliphatic heterocycles. The fourth-order valence-corrected chi connectivity index (χ4v) is 0. The molecule has 0 bridgehead atoms. The Kier molecular flexibility index (Phi) is 148. The van der Waals surface area contributed by atoms with Crippen molar-refractivity contribution in [3.63, 3.8) is 0 Å². The van der Waals surface area contributed by atoms with E-state index >= 15 is 0 Å². The molecule has 0 N–H and O–H groups in total. The van der Waals surface area contributed by atoms with Gasteiger partial charge in [0.2, 0.25) is 0 Å². The average molecular weight is 455 g/mol. The molecule has 0 spiro atoms. The van der Waals surface area contributed by atoms with Crippen molar-refractivity contribution in [2.45, 2.75) is 0 Å². The second kappa shape index (κ2) is 18.2. The van der Waals surface area contributed by atoms with E-state index in [1.165, 1.54) is 0 Å². The van der Waals surface area contributed by atoms with E-state index in [9.17, 15) is 0 Å². The van der Waals surface area contributed by atoms with Crippen LogP contribution in [0.15, 0.2) is 0 Å². The fraction of sp³-hybridized carbons (Fsp3) is 0. The Hall–Kier alpha value is 2.39. The summed E-state index contributed by atoms with van der Waals surface area (Å²) < 4.78 is 0. The third kappa shape index (κ3) is 8.83. The Morgan fingerprint density at radius 2 is 1.00 bits per heavy atom. The predicted octanol–water partition coefficient (Wildman–Crippen LogP) is -0.0100. The molecule has 0 aliphatic carbocycles. The summed E-state index contributed by atoms with van der Waals surface area (Å²) in [5.41, 5.74) is 0. The first kappa shape index (κ1) is 32.5. The summed E-state index contributed by atoms with van der Waals surface area (Å²) in [6, 6.07) is 0. The monoisotopic (exact) mass is 456 g/mol. The van der Waals surface area contributed by atoms with Gasteiger partial charge in [-0.3, -0.25) is 0 Å². The molecule has 0 rings (SSSR count). The molecule has 4 heteroatoms. The zero-order chi connectivity index (χ0) is 0. The van der Waals surface area contributed by atoms with Crippen LogP contribution >= 0.6 is 0 Å². The van der Waals surface area contributed by atoms with Crippen molar-refractivity contribution in [2.24, 2.45) is 0 Å². The van der Waals surface area contributed by atoms with Gasteiger partial charge in [-0.1, -0.05) is 0 Å². The van der Waals surface area contributed by atoms with Crippen LogP contribution in [0.2, 0.25) is 0 Å². The fourth-order valence-electron chi connectivity index (χ4n) is 0. The standard InChI is InChI=1S/Ir.Ni.Rh.Ru. The molecule has 0 unspecified atom stereocenters. The first-order chi connectivity index (χ1) is 0. The summed E-state index contributed by atoms with van der Waals surface area (Å²) in [5, 5.41) is 0. The summed E-state index contributed by atoms with van der Waals surface area (Å²) in [7, 11) is 0. The molecule has 0 aromatic heterocycles. The minimum Gasteiger partial charge on any atom is 0 e. The third-order valence-corrected chi connectivity index (χ3v) is 0. The van der Waals surface area contributed by atoms with Crippen molar-refractivity contribution in [3.05, 3.63) is 0 Å². The predicted molar refractivity (Wildman–Crippen MR) is 0 cm³/mol. The van der Waals surface area contributed by atoms with Gasteiger partial charge in [-0.25, -0.2) is 0 Å². The molecule has 0 saturated carbocycles. The Morgan fingerprint density at radius 3 is 1.00 bits per heavy atom. The van der Waals surface area contributed by atoms with E-state index in [2.05, 4.69) is 0 Å². The van der Waals surface area contributed by atoms with Crippen molar-refractivity contribution in [3.8, 4) is 0 Å². The summed E-state index contributed by atoms with van der Waals surface area (Å²) in [6.07, 6.45) is 0. The molecule has 2 radical (unpaired) electrons. The molecule has 0 saturated heterocycles. The van der Waals surface area contributed by atoms with Crippen LogP contribution < -0.4 is 0 Å². The van der Waals surface area contributed by atoms with E-state index < -0.39 is 0 Å². The Balaban J connectivity index is 0. The minimum absolute atomic E-state index is 0. The zero-order valence-electron chi connectivity index (χ0n) is 1.34. The molecule has 0 atom stereocenters. The molecule has 36 valence electrons. The topological polar surface area (TPSA) is 0 Å². The van der Waals surface area contributed by atoms with Crippen LogP contribution in [0.1, 0.15) is 0 Å². The van der Waals surface area contributed by atoms with Crippen LogP contribution in [0.3, 0.4) is 0 Å². The van der Waals surface area contributed by atoms with Gasteiger partial charge in [0.25, 0.3) is 0 Å².